The molecule has 5 rings (SSSR count). The number of anilines is 2. The molecule has 1 fully saturated rings. The highest BCUT2D eigenvalue weighted by molar-refractivity contribution is 5.64. The van der Waals surface area contributed by atoms with Gasteiger partial charge in [-0.15, -0.1) is 0 Å². The average molecular weight is 486 g/mol. The Balaban J connectivity index is 1.37. The van der Waals surface area contributed by atoms with Gasteiger partial charge >= 0.3 is 0 Å². The maximum atomic E-state index is 10.3. The number of nitrogens with one attached hydrogen (secondary N) is 3. The molecule has 0 radical (unpaired) electrons. The third-order valence-electron chi connectivity index (χ3n) is 6.96. The van der Waals surface area contributed by atoms with Gasteiger partial charge in [-0.2, -0.15) is 9.61 Å². The Morgan fingerprint density at radius 2 is 2.06 bits per heavy atom. The summed E-state index contributed by atoms with van der Waals surface area (Å²) in [6, 6.07) is 14.5. The summed E-state index contributed by atoms with van der Waals surface area (Å²) < 4.78 is 1.88. The van der Waals surface area contributed by atoms with Crippen LogP contribution in [0.4, 0.5) is 11.6 Å². The number of benzene rings is 1. The third kappa shape index (κ3) is 5.20. The predicted molar refractivity (Wildman–Crippen MR) is 144 cm³/mol. The Kier molecular flexibility index (Phi) is 7.16. The van der Waals surface area contributed by atoms with Gasteiger partial charge in [-0.3, -0.25) is 4.98 Å². The fraction of sp³-hybridized carbons (Fsp3) is 0.393. The van der Waals surface area contributed by atoms with Crippen molar-refractivity contribution in [2.75, 3.05) is 30.3 Å². The number of pyridine rings is 1. The summed E-state index contributed by atoms with van der Waals surface area (Å²) >= 11 is 0. The Morgan fingerprint density at radius 1 is 1.17 bits per heavy atom. The average Bonchev–Trinajstić information content (AvgIpc) is 3.32. The number of fused-ring (bicyclic) bond motifs is 1. The molecule has 0 saturated carbocycles. The Morgan fingerprint density at radius 3 is 2.81 bits per heavy atom. The first-order chi connectivity index (χ1) is 17.5. The van der Waals surface area contributed by atoms with Gasteiger partial charge in [0.1, 0.15) is 11.6 Å². The van der Waals surface area contributed by atoms with Crippen molar-refractivity contribution in [3.8, 4) is 11.3 Å². The van der Waals surface area contributed by atoms with Crippen LogP contribution < -0.4 is 16.0 Å². The van der Waals surface area contributed by atoms with Gasteiger partial charge in [0.25, 0.3) is 0 Å². The van der Waals surface area contributed by atoms with Crippen LogP contribution in [0, 0.1) is 12.8 Å². The van der Waals surface area contributed by atoms with E-state index >= 15 is 0 Å². The second-order valence-electron chi connectivity index (χ2n) is 9.94. The number of aliphatic hydroxyl groups excluding tert-OH is 1. The molecule has 1 saturated heterocycles. The van der Waals surface area contributed by atoms with E-state index in [0.29, 0.717) is 25.6 Å². The number of aliphatic hydroxyl groups is 1. The minimum absolute atomic E-state index is 0.204. The van der Waals surface area contributed by atoms with Crippen LogP contribution in [0.5, 0.6) is 0 Å². The first-order valence-corrected chi connectivity index (χ1v) is 12.8. The maximum Gasteiger partial charge on any atom is 0.163 e. The van der Waals surface area contributed by atoms with Crippen LogP contribution in [0.3, 0.4) is 0 Å². The lowest BCUT2D eigenvalue weighted by atomic mass is 9.95. The number of β-amino-alcohol motifs (C(OH)–C–C–N with tert-alkyl or cyclic N) is 1. The smallest absolute Gasteiger partial charge is 0.163 e. The van der Waals surface area contributed by atoms with Crippen LogP contribution in [0.25, 0.3) is 16.9 Å². The largest absolute Gasteiger partial charge is 0.391 e. The summed E-state index contributed by atoms with van der Waals surface area (Å²) in [4.78, 5) is 9.37. The lowest BCUT2D eigenvalue weighted by Crippen LogP contribution is -2.43. The monoisotopic (exact) mass is 485 g/mol. The van der Waals surface area contributed by atoms with Crippen LogP contribution in [-0.4, -0.2) is 50.4 Å². The van der Waals surface area contributed by atoms with Gasteiger partial charge in [0, 0.05) is 48.9 Å². The molecule has 0 bridgehead atoms. The van der Waals surface area contributed by atoms with Gasteiger partial charge in [-0.1, -0.05) is 38.1 Å². The number of hydrogen-bond acceptors (Lipinski definition) is 7. The van der Waals surface area contributed by atoms with Gasteiger partial charge in [-0.25, -0.2) is 4.98 Å². The van der Waals surface area contributed by atoms with E-state index in [-0.39, 0.29) is 12.0 Å². The molecule has 4 aromatic rings. The van der Waals surface area contributed by atoms with Crippen molar-refractivity contribution < 1.29 is 5.11 Å². The molecule has 8 nitrogen and oxygen atoms in total. The van der Waals surface area contributed by atoms with E-state index in [2.05, 4.69) is 65.0 Å². The number of nitrogens with zero attached hydrogens (tertiary/aromatic N) is 4. The van der Waals surface area contributed by atoms with E-state index in [9.17, 15) is 5.11 Å². The predicted octanol–water partition coefficient (Wildman–Crippen LogP) is 4.22. The number of aromatic nitrogens is 4. The molecule has 188 valence electrons. The van der Waals surface area contributed by atoms with Gasteiger partial charge in [0.15, 0.2) is 5.65 Å². The van der Waals surface area contributed by atoms with Crippen LogP contribution >= 0.6 is 0 Å². The zero-order chi connectivity index (χ0) is 25.1. The molecule has 0 spiro atoms. The normalized spacial score (nSPS) is 18.0. The zero-order valence-electron chi connectivity index (χ0n) is 21.2. The topological polar surface area (TPSA) is 99.4 Å². The molecule has 4 heterocycles. The van der Waals surface area contributed by atoms with Crippen LogP contribution in [-0.2, 0) is 6.54 Å². The second-order valence-corrected chi connectivity index (χ2v) is 9.94. The van der Waals surface area contributed by atoms with Crippen LogP contribution in [0.1, 0.15) is 42.9 Å². The van der Waals surface area contributed by atoms with E-state index in [1.165, 1.54) is 11.1 Å². The number of hydrogen-bond donors (Lipinski definition) is 4. The highest BCUT2D eigenvalue weighted by Crippen LogP contribution is 2.26. The minimum atomic E-state index is -0.342. The van der Waals surface area contributed by atoms with E-state index in [4.69, 9.17) is 4.98 Å². The SMILES string of the molecule is Cc1cc(CNc2cc(NC[C@H]3CCNC[C@@H]3O)nc3c(C(C)C)cnn23)ccc1-c1ccccn1. The summed E-state index contributed by atoms with van der Waals surface area (Å²) in [5.41, 5.74) is 6.46. The molecule has 8 heteroatoms. The summed E-state index contributed by atoms with van der Waals surface area (Å²) in [5, 5.41) is 25.3. The van der Waals surface area contributed by atoms with Crippen molar-refractivity contribution in [3.63, 3.8) is 0 Å². The molecule has 1 aliphatic rings. The van der Waals surface area contributed by atoms with E-state index in [1.807, 2.05) is 41.2 Å². The molecule has 3 aromatic heterocycles. The van der Waals surface area contributed by atoms with Gasteiger partial charge in [0.2, 0.25) is 0 Å². The van der Waals surface area contributed by atoms with Crippen molar-refractivity contribution in [1.29, 1.82) is 0 Å². The fourth-order valence-corrected chi connectivity index (χ4v) is 4.81. The summed E-state index contributed by atoms with van der Waals surface area (Å²) in [7, 11) is 0. The van der Waals surface area contributed by atoms with E-state index < -0.39 is 0 Å². The van der Waals surface area contributed by atoms with Crippen molar-refractivity contribution >= 4 is 17.3 Å². The van der Waals surface area contributed by atoms with E-state index in [1.54, 1.807) is 0 Å². The molecule has 0 unspecified atom stereocenters. The van der Waals surface area contributed by atoms with Crippen LogP contribution in [0.2, 0.25) is 0 Å². The Hall–Kier alpha value is -3.49. The molecule has 2 atom stereocenters. The van der Waals surface area contributed by atoms with Crippen molar-refractivity contribution in [2.24, 2.45) is 5.92 Å². The molecule has 1 aromatic carbocycles. The second kappa shape index (κ2) is 10.6. The quantitative estimate of drug-likeness (QED) is 0.297. The molecule has 4 N–H and O–H groups in total. The highest BCUT2D eigenvalue weighted by Gasteiger charge is 2.23. The van der Waals surface area contributed by atoms with Crippen molar-refractivity contribution in [1.82, 2.24) is 24.9 Å². The minimum Gasteiger partial charge on any atom is -0.391 e. The zero-order valence-corrected chi connectivity index (χ0v) is 21.2. The molecular weight excluding hydrogens is 450 g/mol. The molecule has 0 aliphatic carbocycles. The summed E-state index contributed by atoms with van der Waals surface area (Å²) in [6.07, 6.45) is 4.33. The van der Waals surface area contributed by atoms with Crippen LogP contribution in [0.15, 0.2) is 54.9 Å². The lowest BCUT2D eigenvalue weighted by Gasteiger charge is -2.28. The Labute approximate surface area is 212 Å². The first kappa shape index (κ1) is 24.2. The van der Waals surface area contributed by atoms with Gasteiger partial charge in [-0.05, 0) is 49.1 Å². The first-order valence-electron chi connectivity index (χ1n) is 12.8. The summed E-state index contributed by atoms with van der Waals surface area (Å²) in [5.74, 6) is 2.19. The molecule has 36 heavy (non-hydrogen) atoms. The number of aryl methyl sites for hydroxylation is 1. The standard InChI is InChI=1S/C28H35N7O/c1-18(2)23-16-33-35-27(13-26(34-28(23)35)31-15-21-9-11-29-17-25(21)36)32-14-20-7-8-22(19(3)12-20)24-6-4-5-10-30-24/h4-8,10,12-13,16,18,21,25,29,32,36H,9,11,14-15,17H2,1-3H3,(H,31,34)/t21-,25+/m1/s1. The fourth-order valence-electron chi connectivity index (χ4n) is 4.81. The van der Waals surface area contributed by atoms with E-state index in [0.717, 1.165) is 47.1 Å². The van der Waals surface area contributed by atoms with Gasteiger partial charge < -0.3 is 21.1 Å². The Bertz CT molecular complexity index is 1320. The number of piperidine rings is 1. The molecule has 1 aliphatic heterocycles. The van der Waals surface area contributed by atoms with Crippen molar-refractivity contribution in [2.45, 2.75) is 45.8 Å². The van der Waals surface area contributed by atoms with Crippen molar-refractivity contribution in [3.05, 3.63) is 71.5 Å². The summed E-state index contributed by atoms with van der Waals surface area (Å²) in [6.45, 7) is 9.35. The third-order valence-corrected chi connectivity index (χ3v) is 6.96. The van der Waals surface area contributed by atoms with Gasteiger partial charge in [0.05, 0.1) is 18.0 Å². The lowest BCUT2D eigenvalue weighted by molar-refractivity contribution is 0.0883. The molecule has 0 amide bonds. The molecular formula is C28H35N7O. The number of rotatable bonds is 8. The maximum absolute atomic E-state index is 10.3. The highest BCUT2D eigenvalue weighted by atomic mass is 16.3.